The van der Waals surface area contributed by atoms with Crippen molar-refractivity contribution < 1.29 is 9.53 Å². The number of amides is 1. The third-order valence-corrected chi connectivity index (χ3v) is 6.46. The van der Waals surface area contributed by atoms with Crippen molar-refractivity contribution in [3.05, 3.63) is 89.2 Å². The fraction of sp³-hybridized carbons (Fsp3) is 0.120. The highest BCUT2D eigenvalue weighted by atomic mass is 32.2. The lowest BCUT2D eigenvalue weighted by atomic mass is 10.2. The van der Waals surface area contributed by atoms with E-state index in [2.05, 4.69) is 10.2 Å². The van der Waals surface area contributed by atoms with E-state index in [1.165, 1.54) is 16.3 Å². The second-order valence-electron chi connectivity index (χ2n) is 7.55. The Morgan fingerprint density at radius 1 is 1.00 bits per heavy atom. The molecule has 0 aliphatic rings. The number of benzene rings is 3. The third-order valence-electron chi connectivity index (χ3n) is 5.55. The predicted molar refractivity (Wildman–Crippen MR) is 133 cm³/mol. The smallest absolute Gasteiger partial charge is 0.267 e. The van der Waals surface area contributed by atoms with Gasteiger partial charge in [-0.05, 0) is 36.4 Å². The number of carbonyl (C=O) groups excluding carboxylic acids is 1. The fourth-order valence-corrected chi connectivity index (χ4v) is 4.63. The Labute approximate surface area is 199 Å². The summed E-state index contributed by atoms with van der Waals surface area (Å²) in [5, 5.41) is 9.71. The molecule has 3 aromatic carbocycles. The molecule has 8 nitrogen and oxygen atoms in total. The Hall–Kier alpha value is -4.11. The van der Waals surface area contributed by atoms with Crippen molar-refractivity contribution in [3.63, 3.8) is 0 Å². The van der Waals surface area contributed by atoms with E-state index in [4.69, 9.17) is 4.74 Å². The maximum Gasteiger partial charge on any atom is 0.267 e. The summed E-state index contributed by atoms with van der Waals surface area (Å²) in [6, 6.07) is 24.0. The zero-order valence-electron chi connectivity index (χ0n) is 18.6. The number of anilines is 1. The van der Waals surface area contributed by atoms with Crippen molar-refractivity contribution in [2.75, 3.05) is 24.8 Å². The van der Waals surface area contributed by atoms with Crippen molar-refractivity contribution >= 4 is 40.0 Å². The number of aromatic nitrogens is 4. The molecule has 0 fully saturated rings. The molecule has 0 spiro atoms. The molecule has 5 aromatic rings. The van der Waals surface area contributed by atoms with E-state index in [1.54, 1.807) is 31.2 Å². The number of rotatable bonds is 6. The van der Waals surface area contributed by atoms with Gasteiger partial charge in [-0.25, -0.2) is 4.57 Å². The third kappa shape index (κ3) is 3.80. The van der Waals surface area contributed by atoms with Crippen LogP contribution in [0.25, 0.3) is 22.4 Å². The molecule has 1 amide bonds. The summed E-state index contributed by atoms with van der Waals surface area (Å²) in [7, 11) is 3.32. The molecule has 0 saturated carbocycles. The highest BCUT2D eigenvalue weighted by Gasteiger charge is 2.20. The van der Waals surface area contributed by atoms with Gasteiger partial charge in [-0.15, -0.1) is 10.2 Å². The summed E-state index contributed by atoms with van der Waals surface area (Å²) >= 11 is 1.28. The molecule has 0 unspecified atom stereocenters. The van der Waals surface area contributed by atoms with Crippen LogP contribution in [0.1, 0.15) is 0 Å². The van der Waals surface area contributed by atoms with Crippen LogP contribution in [-0.2, 0) is 4.79 Å². The minimum absolute atomic E-state index is 0.0710. The minimum Gasteiger partial charge on any atom is -0.497 e. The summed E-state index contributed by atoms with van der Waals surface area (Å²) in [4.78, 5) is 27.9. The van der Waals surface area contributed by atoms with Crippen molar-refractivity contribution in [1.82, 2.24) is 19.2 Å². The average molecular weight is 472 g/mol. The molecule has 0 bridgehead atoms. The summed E-state index contributed by atoms with van der Waals surface area (Å²) in [5.74, 6) is 1.08. The second-order valence-corrected chi connectivity index (χ2v) is 8.50. The number of fused-ring (bicyclic) bond motifs is 3. The Kier molecular flexibility index (Phi) is 5.77. The molecule has 0 aliphatic heterocycles. The number of hydrogen-bond acceptors (Lipinski definition) is 6. The number of nitrogens with zero attached hydrogens (tertiary/aromatic N) is 5. The summed E-state index contributed by atoms with van der Waals surface area (Å²) in [5.41, 5.74) is 1.90. The van der Waals surface area contributed by atoms with E-state index >= 15 is 0 Å². The molecular formula is C25H21N5O3S. The zero-order chi connectivity index (χ0) is 23.7. The highest BCUT2D eigenvalue weighted by molar-refractivity contribution is 7.99. The van der Waals surface area contributed by atoms with Crippen LogP contribution in [0.2, 0.25) is 0 Å². The van der Waals surface area contributed by atoms with Gasteiger partial charge in [-0.2, -0.15) is 0 Å². The Morgan fingerprint density at radius 3 is 2.56 bits per heavy atom. The Morgan fingerprint density at radius 2 is 1.76 bits per heavy atom. The van der Waals surface area contributed by atoms with Crippen LogP contribution < -0.4 is 15.2 Å². The lowest BCUT2D eigenvalue weighted by Crippen LogP contribution is -2.28. The van der Waals surface area contributed by atoms with Crippen LogP contribution in [0.15, 0.2) is 88.8 Å². The first-order valence-electron chi connectivity index (χ1n) is 10.6. The highest BCUT2D eigenvalue weighted by Crippen LogP contribution is 2.25. The molecular weight excluding hydrogens is 450 g/mol. The number of hydrogen-bond donors (Lipinski definition) is 0. The van der Waals surface area contributed by atoms with Crippen molar-refractivity contribution in [3.8, 4) is 11.4 Å². The lowest BCUT2D eigenvalue weighted by Gasteiger charge is -2.16. The molecule has 9 heteroatoms. The maximum absolute atomic E-state index is 13.4. The summed E-state index contributed by atoms with van der Waals surface area (Å²) in [6.07, 6.45) is 0. The van der Waals surface area contributed by atoms with Gasteiger partial charge < -0.3 is 9.64 Å². The van der Waals surface area contributed by atoms with Crippen LogP contribution in [0.5, 0.6) is 5.75 Å². The zero-order valence-corrected chi connectivity index (χ0v) is 19.4. The van der Waals surface area contributed by atoms with Gasteiger partial charge >= 0.3 is 0 Å². The number of thioether (sulfide) groups is 1. The monoisotopic (exact) mass is 471 g/mol. The van der Waals surface area contributed by atoms with Crippen molar-refractivity contribution in [2.24, 2.45) is 0 Å². The van der Waals surface area contributed by atoms with Crippen LogP contribution in [0, 0.1) is 0 Å². The van der Waals surface area contributed by atoms with Gasteiger partial charge in [-0.1, -0.05) is 48.2 Å². The minimum atomic E-state index is -0.208. The van der Waals surface area contributed by atoms with Crippen molar-refractivity contribution in [2.45, 2.75) is 5.16 Å². The molecule has 0 radical (unpaired) electrons. The molecule has 0 saturated heterocycles. The first-order valence-corrected chi connectivity index (χ1v) is 11.5. The van der Waals surface area contributed by atoms with Gasteiger partial charge in [0.2, 0.25) is 11.7 Å². The molecule has 0 N–H and O–H groups in total. The average Bonchev–Trinajstić information content (AvgIpc) is 3.31. The molecule has 2 aromatic heterocycles. The molecule has 0 atom stereocenters. The van der Waals surface area contributed by atoms with E-state index in [-0.39, 0.29) is 17.2 Å². The Balaban J connectivity index is 1.59. The predicted octanol–water partition coefficient (Wildman–Crippen LogP) is 3.80. The van der Waals surface area contributed by atoms with E-state index in [1.807, 2.05) is 71.1 Å². The van der Waals surface area contributed by atoms with Crippen LogP contribution in [0.4, 0.5) is 5.69 Å². The topological polar surface area (TPSA) is 81.7 Å². The largest absolute Gasteiger partial charge is 0.497 e. The van der Waals surface area contributed by atoms with Gasteiger partial charge in [0, 0.05) is 18.8 Å². The first kappa shape index (κ1) is 21.7. The molecule has 170 valence electrons. The Bertz CT molecular complexity index is 1560. The van der Waals surface area contributed by atoms with E-state index in [0.717, 1.165) is 5.69 Å². The van der Waals surface area contributed by atoms with Gasteiger partial charge in [0.1, 0.15) is 5.75 Å². The van der Waals surface area contributed by atoms with Crippen LogP contribution >= 0.6 is 11.8 Å². The van der Waals surface area contributed by atoms with E-state index in [0.29, 0.717) is 33.3 Å². The lowest BCUT2D eigenvalue weighted by molar-refractivity contribution is -0.115. The number of carbonyl (C=O) groups is 1. The number of ether oxygens (including phenoxy) is 1. The summed E-state index contributed by atoms with van der Waals surface area (Å²) in [6.45, 7) is 0. The number of methoxy groups -OCH3 is 1. The van der Waals surface area contributed by atoms with Gasteiger partial charge in [0.15, 0.2) is 5.16 Å². The summed E-state index contributed by atoms with van der Waals surface area (Å²) < 4.78 is 8.67. The van der Waals surface area contributed by atoms with Crippen molar-refractivity contribution in [1.29, 1.82) is 0 Å². The number of para-hydroxylation sites is 2. The van der Waals surface area contributed by atoms with Crippen LogP contribution in [-0.4, -0.2) is 45.0 Å². The molecule has 2 heterocycles. The molecule has 5 rings (SSSR count). The van der Waals surface area contributed by atoms with Crippen LogP contribution in [0.3, 0.4) is 0 Å². The van der Waals surface area contributed by atoms with Gasteiger partial charge in [0.25, 0.3) is 5.56 Å². The van der Waals surface area contributed by atoms with E-state index < -0.39 is 0 Å². The first-order chi connectivity index (χ1) is 16.6. The standard InChI is InChI=1S/C25H21N5O3S/c1-28(17-9-4-3-5-10-17)22(31)16-34-25-27-26-24-29(18-11-8-12-19(15-18)33-2)23(32)20-13-6-7-14-21(20)30(24)25/h3-15H,16H2,1-2H3. The van der Waals surface area contributed by atoms with E-state index in [9.17, 15) is 9.59 Å². The molecule has 0 aliphatic carbocycles. The van der Waals surface area contributed by atoms with Gasteiger partial charge in [-0.3, -0.25) is 14.0 Å². The quantitative estimate of drug-likeness (QED) is 0.351. The fourth-order valence-electron chi connectivity index (χ4n) is 3.77. The van der Waals surface area contributed by atoms with Gasteiger partial charge in [0.05, 0.1) is 29.5 Å². The normalized spacial score (nSPS) is 11.1. The maximum atomic E-state index is 13.4. The SMILES string of the molecule is COc1cccc(-n2c(=O)c3ccccc3n3c(SCC(=O)N(C)c4ccccc4)nnc23)c1. The molecule has 34 heavy (non-hydrogen) atoms. The second kappa shape index (κ2) is 9.03.